The fraction of sp³-hybridized carbons (Fsp3) is 0.500. The van der Waals surface area contributed by atoms with E-state index in [-0.39, 0.29) is 0 Å². The molecule has 0 spiro atoms. The normalized spacial score (nSPS) is 16.9. The van der Waals surface area contributed by atoms with Gasteiger partial charge in [0.15, 0.2) is 0 Å². The average Bonchev–Trinajstić information content (AvgIpc) is 2.38. The summed E-state index contributed by atoms with van der Waals surface area (Å²) >= 11 is 1.49. The largest absolute Gasteiger partial charge is 0.478 e. The van der Waals surface area contributed by atoms with E-state index in [9.17, 15) is 9.90 Å². The third kappa shape index (κ3) is 2.64. The lowest BCUT2D eigenvalue weighted by molar-refractivity contribution is 0.0693. The third-order valence-corrected chi connectivity index (χ3v) is 4.34. The molecule has 1 fully saturated rings. The molecule has 1 aliphatic heterocycles. The van der Waals surface area contributed by atoms with E-state index in [4.69, 9.17) is 0 Å². The van der Waals surface area contributed by atoms with Crippen molar-refractivity contribution in [2.45, 2.75) is 24.7 Å². The standard InChI is InChI=1S/C14H19NO2S/c1-10-6-8-15(9-7-10)11-4-3-5-12(18-2)13(11)14(16)17/h3-5,10H,6-9H2,1-2H3,(H,16,17). The summed E-state index contributed by atoms with van der Waals surface area (Å²) in [6.07, 6.45) is 4.20. The summed E-state index contributed by atoms with van der Waals surface area (Å²) in [5.74, 6) is -0.0770. The molecule has 1 saturated heterocycles. The Bertz CT molecular complexity index is 439. The molecule has 1 heterocycles. The van der Waals surface area contributed by atoms with Gasteiger partial charge in [-0.25, -0.2) is 4.79 Å². The molecule has 0 amide bonds. The number of thioether (sulfide) groups is 1. The molecule has 0 unspecified atom stereocenters. The highest BCUT2D eigenvalue weighted by Gasteiger charge is 2.22. The minimum atomic E-state index is -0.825. The number of carboxylic acids is 1. The second kappa shape index (κ2) is 5.65. The Morgan fingerprint density at radius 3 is 2.61 bits per heavy atom. The first kappa shape index (κ1) is 13.3. The topological polar surface area (TPSA) is 40.5 Å². The molecule has 3 nitrogen and oxygen atoms in total. The molecule has 0 atom stereocenters. The predicted octanol–water partition coefficient (Wildman–Crippen LogP) is 3.34. The second-order valence-corrected chi connectivity index (χ2v) is 5.68. The Hall–Kier alpha value is -1.16. The number of anilines is 1. The summed E-state index contributed by atoms with van der Waals surface area (Å²) in [4.78, 5) is 14.5. The molecular formula is C14H19NO2S. The first-order valence-corrected chi connectivity index (χ1v) is 7.51. The van der Waals surface area contributed by atoms with Gasteiger partial charge in [0.05, 0.1) is 11.3 Å². The van der Waals surface area contributed by atoms with E-state index in [0.717, 1.165) is 42.4 Å². The number of carboxylic acid groups (broad SMARTS) is 1. The van der Waals surface area contributed by atoms with Crippen molar-refractivity contribution in [3.05, 3.63) is 23.8 Å². The van der Waals surface area contributed by atoms with Crippen LogP contribution in [0.5, 0.6) is 0 Å². The van der Waals surface area contributed by atoms with Crippen LogP contribution in [0.2, 0.25) is 0 Å². The molecule has 18 heavy (non-hydrogen) atoms. The molecule has 4 heteroatoms. The zero-order valence-corrected chi connectivity index (χ0v) is 11.7. The minimum Gasteiger partial charge on any atom is -0.478 e. The number of hydrogen-bond acceptors (Lipinski definition) is 3. The highest BCUT2D eigenvalue weighted by molar-refractivity contribution is 7.98. The van der Waals surface area contributed by atoms with E-state index in [0.29, 0.717) is 5.56 Å². The van der Waals surface area contributed by atoms with Crippen LogP contribution in [-0.4, -0.2) is 30.4 Å². The summed E-state index contributed by atoms with van der Waals surface area (Å²) in [5.41, 5.74) is 1.33. The zero-order chi connectivity index (χ0) is 13.1. The van der Waals surface area contributed by atoms with Gasteiger partial charge in [-0.2, -0.15) is 0 Å². The van der Waals surface area contributed by atoms with Crippen molar-refractivity contribution in [2.75, 3.05) is 24.2 Å². The van der Waals surface area contributed by atoms with Gasteiger partial charge in [-0.3, -0.25) is 0 Å². The number of carbonyl (C=O) groups is 1. The van der Waals surface area contributed by atoms with E-state index in [2.05, 4.69) is 11.8 Å². The smallest absolute Gasteiger partial charge is 0.338 e. The summed E-state index contributed by atoms with van der Waals surface area (Å²) in [5, 5.41) is 9.42. The van der Waals surface area contributed by atoms with Crippen LogP contribution in [0.25, 0.3) is 0 Å². The molecule has 1 aromatic carbocycles. The lowest BCUT2D eigenvalue weighted by Gasteiger charge is -2.33. The van der Waals surface area contributed by atoms with Crippen molar-refractivity contribution in [2.24, 2.45) is 5.92 Å². The van der Waals surface area contributed by atoms with E-state index < -0.39 is 5.97 Å². The Kier molecular flexibility index (Phi) is 4.17. The SMILES string of the molecule is CSc1cccc(N2CCC(C)CC2)c1C(=O)O. The first-order chi connectivity index (χ1) is 8.63. The quantitative estimate of drug-likeness (QED) is 0.851. The van der Waals surface area contributed by atoms with Crippen LogP contribution in [-0.2, 0) is 0 Å². The van der Waals surface area contributed by atoms with Crippen molar-refractivity contribution < 1.29 is 9.90 Å². The van der Waals surface area contributed by atoms with Gasteiger partial charge in [-0.15, -0.1) is 11.8 Å². The van der Waals surface area contributed by atoms with Gasteiger partial charge in [0, 0.05) is 18.0 Å². The predicted molar refractivity (Wildman–Crippen MR) is 75.8 cm³/mol. The first-order valence-electron chi connectivity index (χ1n) is 6.28. The van der Waals surface area contributed by atoms with Crippen LogP contribution >= 0.6 is 11.8 Å². The fourth-order valence-electron chi connectivity index (χ4n) is 2.42. The minimum absolute atomic E-state index is 0.458. The van der Waals surface area contributed by atoms with Crippen LogP contribution in [0, 0.1) is 5.92 Å². The number of nitrogens with zero attached hydrogens (tertiary/aromatic N) is 1. The molecule has 0 saturated carbocycles. The van der Waals surface area contributed by atoms with Gasteiger partial charge < -0.3 is 10.0 Å². The van der Waals surface area contributed by atoms with Gasteiger partial charge in [0.2, 0.25) is 0 Å². The highest BCUT2D eigenvalue weighted by atomic mass is 32.2. The van der Waals surface area contributed by atoms with E-state index in [1.54, 1.807) is 0 Å². The molecule has 1 N–H and O–H groups in total. The van der Waals surface area contributed by atoms with Crippen molar-refractivity contribution in [1.29, 1.82) is 0 Å². The molecule has 1 aliphatic rings. The van der Waals surface area contributed by atoms with Gasteiger partial charge in [-0.1, -0.05) is 13.0 Å². The summed E-state index contributed by atoms with van der Waals surface area (Å²) in [6, 6.07) is 5.76. The monoisotopic (exact) mass is 265 g/mol. The summed E-state index contributed by atoms with van der Waals surface area (Å²) < 4.78 is 0. The molecule has 0 bridgehead atoms. The third-order valence-electron chi connectivity index (χ3n) is 3.56. The van der Waals surface area contributed by atoms with Gasteiger partial charge in [0.25, 0.3) is 0 Å². The van der Waals surface area contributed by atoms with Crippen LogP contribution in [0.1, 0.15) is 30.1 Å². The number of rotatable bonds is 3. The van der Waals surface area contributed by atoms with Crippen molar-refractivity contribution >= 4 is 23.4 Å². The Morgan fingerprint density at radius 2 is 2.06 bits per heavy atom. The van der Waals surface area contributed by atoms with Gasteiger partial charge >= 0.3 is 5.97 Å². The van der Waals surface area contributed by atoms with Crippen molar-refractivity contribution in [3.8, 4) is 0 Å². The van der Waals surface area contributed by atoms with Crippen LogP contribution in [0.4, 0.5) is 5.69 Å². The number of aromatic carboxylic acids is 1. The number of benzene rings is 1. The van der Waals surface area contributed by atoms with E-state index in [1.165, 1.54) is 11.8 Å². The summed E-state index contributed by atoms with van der Waals surface area (Å²) in [7, 11) is 0. The highest BCUT2D eigenvalue weighted by Crippen LogP contribution is 2.32. The lowest BCUT2D eigenvalue weighted by atomic mass is 9.98. The molecule has 1 aromatic rings. The van der Waals surface area contributed by atoms with Gasteiger partial charge in [-0.05, 0) is 37.1 Å². The maximum absolute atomic E-state index is 11.5. The van der Waals surface area contributed by atoms with Crippen LogP contribution < -0.4 is 4.90 Å². The summed E-state index contributed by atoms with van der Waals surface area (Å²) in [6.45, 7) is 4.17. The maximum atomic E-state index is 11.5. The van der Waals surface area contributed by atoms with E-state index >= 15 is 0 Å². The number of piperidine rings is 1. The molecule has 0 radical (unpaired) electrons. The Balaban J connectivity index is 2.35. The lowest BCUT2D eigenvalue weighted by Crippen LogP contribution is -2.34. The van der Waals surface area contributed by atoms with Crippen molar-refractivity contribution in [1.82, 2.24) is 0 Å². The number of hydrogen-bond donors (Lipinski definition) is 1. The molecule has 0 aromatic heterocycles. The molecular weight excluding hydrogens is 246 g/mol. The fourth-order valence-corrected chi connectivity index (χ4v) is 3.03. The molecule has 0 aliphatic carbocycles. The second-order valence-electron chi connectivity index (χ2n) is 4.83. The Morgan fingerprint density at radius 1 is 1.39 bits per heavy atom. The zero-order valence-electron chi connectivity index (χ0n) is 10.8. The molecule has 98 valence electrons. The van der Waals surface area contributed by atoms with Crippen LogP contribution in [0.3, 0.4) is 0 Å². The van der Waals surface area contributed by atoms with Crippen LogP contribution in [0.15, 0.2) is 23.1 Å². The van der Waals surface area contributed by atoms with Crippen molar-refractivity contribution in [3.63, 3.8) is 0 Å². The average molecular weight is 265 g/mol. The van der Waals surface area contributed by atoms with Gasteiger partial charge in [0.1, 0.15) is 0 Å². The Labute approximate surface area is 112 Å². The maximum Gasteiger partial charge on any atom is 0.338 e. The van der Waals surface area contributed by atoms with E-state index in [1.807, 2.05) is 24.5 Å². The molecule has 2 rings (SSSR count).